The number of hydrogen-bond acceptors (Lipinski definition) is 3. The number of rotatable bonds is 2. The van der Waals surface area contributed by atoms with Crippen molar-refractivity contribution >= 4 is 21.8 Å². The first kappa shape index (κ1) is 15.2. The third-order valence-corrected chi connectivity index (χ3v) is 4.39. The number of benzene rings is 1. The zero-order chi connectivity index (χ0) is 15.7. The van der Waals surface area contributed by atoms with Gasteiger partial charge in [0.2, 0.25) is 0 Å². The Hall–Kier alpha value is -1.66. The van der Waals surface area contributed by atoms with Crippen LogP contribution in [0.25, 0.3) is 5.69 Å². The van der Waals surface area contributed by atoms with Crippen molar-refractivity contribution in [2.24, 2.45) is 5.73 Å². The Morgan fingerprint density at radius 2 is 1.91 bits per heavy atom. The van der Waals surface area contributed by atoms with Crippen molar-refractivity contribution in [2.75, 3.05) is 13.1 Å². The van der Waals surface area contributed by atoms with Gasteiger partial charge in [0.05, 0.1) is 5.69 Å². The molecule has 1 aliphatic rings. The number of amides is 1. The second kappa shape index (κ2) is 6.22. The highest BCUT2D eigenvalue weighted by Crippen LogP contribution is 2.20. The predicted octanol–water partition coefficient (Wildman–Crippen LogP) is 2.51. The van der Waals surface area contributed by atoms with E-state index in [-0.39, 0.29) is 11.9 Å². The van der Waals surface area contributed by atoms with Crippen LogP contribution < -0.4 is 5.73 Å². The maximum absolute atomic E-state index is 12.8. The van der Waals surface area contributed by atoms with Gasteiger partial charge in [0.1, 0.15) is 10.3 Å². The van der Waals surface area contributed by atoms with E-state index in [1.54, 1.807) is 10.7 Å². The van der Waals surface area contributed by atoms with Crippen molar-refractivity contribution in [3.63, 3.8) is 0 Å². The summed E-state index contributed by atoms with van der Waals surface area (Å²) < 4.78 is 2.35. The number of hydrogen-bond donors (Lipinski definition) is 1. The van der Waals surface area contributed by atoms with E-state index in [0.717, 1.165) is 18.5 Å². The molecule has 0 atom stereocenters. The van der Waals surface area contributed by atoms with Gasteiger partial charge >= 0.3 is 0 Å². The van der Waals surface area contributed by atoms with Crippen LogP contribution in [-0.2, 0) is 0 Å². The highest BCUT2D eigenvalue weighted by molar-refractivity contribution is 9.10. The first-order valence-electron chi connectivity index (χ1n) is 7.42. The molecule has 6 heteroatoms. The van der Waals surface area contributed by atoms with Gasteiger partial charge in [0, 0.05) is 25.2 Å². The highest BCUT2D eigenvalue weighted by atomic mass is 79.9. The van der Waals surface area contributed by atoms with Crippen LogP contribution in [0.15, 0.2) is 34.9 Å². The van der Waals surface area contributed by atoms with Crippen LogP contribution in [0.2, 0.25) is 0 Å². The molecule has 2 aromatic rings. The normalized spacial score (nSPS) is 16.0. The number of likely N-dealkylation sites (tertiary alicyclic amines) is 1. The van der Waals surface area contributed by atoms with E-state index in [1.165, 1.54) is 5.56 Å². The van der Waals surface area contributed by atoms with Gasteiger partial charge in [-0.05, 0) is 47.8 Å². The number of nitrogens with zero attached hydrogens (tertiary/aromatic N) is 3. The molecule has 3 rings (SSSR count). The predicted molar refractivity (Wildman–Crippen MR) is 89.1 cm³/mol. The largest absolute Gasteiger partial charge is 0.337 e. The van der Waals surface area contributed by atoms with Crippen molar-refractivity contribution in [1.29, 1.82) is 0 Å². The zero-order valence-corrected chi connectivity index (χ0v) is 14.1. The molecule has 22 heavy (non-hydrogen) atoms. The van der Waals surface area contributed by atoms with Crippen LogP contribution in [0.5, 0.6) is 0 Å². The molecule has 116 valence electrons. The lowest BCUT2D eigenvalue weighted by Gasteiger charge is -2.30. The van der Waals surface area contributed by atoms with Crippen molar-refractivity contribution in [1.82, 2.24) is 14.7 Å². The van der Waals surface area contributed by atoms with Crippen LogP contribution in [0.3, 0.4) is 0 Å². The number of halogens is 1. The molecule has 1 fully saturated rings. The number of carbonyl (C=O) groups excluding carboxylic acids is 1. The number of nitrogens with two attached hydrogens (primary N) is 1. The summed E-state index contributed by atoms with van der Waals surface area (Å²) in [6, 6.07) is 9.95. The molecule has 0 bridgehead atoms. The summed E-state index contributed by atoms with van der Waals surface area (Å²) in [6.07, 6.45) is 1.71. The Kier molecular flexibility index (Phi) is 4.31. The van der Waals surface area contributed by atoms with Crippen molar-refractivity contribution < 1.29 is 4.79 Å². The maximum Gasteiger partial charge on any atom is 0.272 e. The summed E-state index contributed by atoms with van der Waals surface area (Å²) in [6.45, 7) is 3.44. The lowest BCUT2D eigenvalue weighted by molar-refractivity contribution is 0.0705. The van der Waals surface area contributed by atoms with Crippen LogP contribution in [-0.4, -0.2) is 39.7 Å². The van der Waals surface area contributed by atoms with E-state index in [1.807, 2.05) is 36.1 Å². The summed E-state index contributed by atoms with van der Waals surface area (Å²) in [4.78, 5) is 14.6. The smallest absolute Gasteiger partial charge is 0.272 e. The average molecular weight is 363 g/mol. The Morgan fingerprint density at radius 1 is 1.27 bits per heavy atom. The first-order chi connectivity index (χ1) is 10.5. The van der Waals surface area contributed by atoms with Gasteiger partial charge in [0.25, 0.3) is 5.91 Å². The molecule has 0 aliphatic carbocycles. The molecule has 1 amide bonds. The number of carbonyl (C=O) groups is 1. The Labute approximate surface area is 138 Å². The maximum atomic E-state index is 12.8. The van der Waals surface area contributed by atoms with Crippen molar-refractivity contribution in [2.45, 2.75) is 25.8 Å². The molecular weight excluding hydrogens is 344 g/mol. The SMILES string of the molecule is Cc1ccc(-n2nc(Br)cc2C(=O)N2CCC(N)CC2)cc1. The van der Waals surface area contributed by atoms with Gasteiger partial charge in [-0.15, -0.1) is 0 Å². The van der Waals surface area contributed by atoms with Crippen LogP contribution in [0.4, 0.5) is 0 Å². The Bertz CT molecular complexity index is 672. The Morgan fingerprint density at radius 3 is 2.55 bits per heavy atom. The molecule has 1 aliphatic heterocycles. The number of piperidine rings is 1. The molecule has 0 unspecified atom stereocenters. The fourth-order valence-corrected chi connectivity index (χ4v) is 3.03. The monoisotopic (exact) mass is 362 g/mol. The molecule has 0 spiro atoms. The third kappa shape index (κ3) is 3.08. The van der Waals surface area contributed by atoms with E-state index in [0.29, 0.717) is 23.4 Å². The molecule has 0 radical (unpaired) electrons. The van der Waals surface area contributed by atoms with E-state index in [2.05, 4.69) is 21.0 Å². The third-order valence-electron chi connectivity index (χ3n) is 4.00. The molecule has 0 saturated carbocycles. The molecule has 2 N–H and O–H groups in total. The van der Waals surface area contributed by atoms with Crippen LogP contribution >= 0.6 is 15.9 Å². The van der Waals surface area contributed by atoms with Crippen molar-refractivity contribution in [3.05, 3.63) is 46.2 Å². The van der Waals surface area contributed by atoms with Gasteiger partial charge in [-0.1, -0.05) is 17.7 Å². The van der Waals surface area contributed by atoms with Gasteiger partial charge in [-0.3, -0.25) is 4.79 Å². The summed E-state index contributed by atoms with van der Waals surface area (Å²) in [7, 11) is 0. The van der Waals surface area contributed by atoms with Gasteiger partial charge in [-0.25, -0.2) is 4.68 Å². The first-order valence-corrected chi connectivity index (χ1v) is 8.21. The topological polar surface area (TPSA) is 64.2 Å². The minimum Gasteiger partial charge on any atom is -0.337 e. The average Bonchev–Trinajstić information content (AvgIpc) is 2.90. The second-order valence-electron chi connectivity index (χ2n) is 5.73. The van der Waals surface area contributed by atoms with Crippen molar-refractivity contribution in [3.8, 4) is 5.69 Å². The highest BCUT2D eigenvalue weighted by Gasteiger charge is 2.25. The molecule has 2 heterocycles. The van der Waals surface area contributed by atoms with E-state index in [9.17, 15) is 4.79 Å². The number of aryl methyl sites for hydroxylation is 1. The molecule has 5 nitrogen and oxygen atoms in total. The molecule has 1 aromatic carbocycles. The summed E-state index contributed by atoms with van der Waals surface area (Å²) in [5, 5.41) is 4.40. The van der Waals surface area contributed by atoms with Crippen LogP contribution in [0, 0.1) is 6.92 Å². The Balaban J connectivity index is 1.90. The molecular formula is C16H19BrN4O. The quantitative estimate of drug-likeness (QED) is 0.892. The van der Waals surface area contributed by atoms with Gasteiger partial charge in [0.15, 0.2) is 0 Å². The lowest BCUT2D eigenvalue weighted by Crippen LogP contribution is -2.43. The van der Waals surface area contributed by atoms with E-state index < -0.39 is 0 Å². The van der Waals surface area contributed by atoms with E-state index in [4.69, 9.17) is 5.73 Å². The minimum absolute atomic E-state index is 0.00525. The molecule has 1 saturated heterocycles. The number of aromatic nitrogens is 2. The summed E-state index contributed by atoms with van der Waals surface area (Å²) >= 11 is 3.37. The fourth-order valence-electron chi connectivity index (χ4n) is 2.65. The van der Waals surface area contributed by atoms with Gasteiger partial charge < -0.3 is 10.6 Å². The summed E-state index contributed by atoms with van der Waals surface area (Å²) in [5.41, 5.74) is 8.54. The van der Waals surface area contributed by atoms with Crippen LogP contribution in [0.1, 0.15) is 28.9 Å². The minimum atomic E-state index is 0.00525. The fraction of sp³-hybridized carbons (Fsp3) is 0.375. The summed E-state index contributed by atoms with van der Waals surface area (Å²) in [5.74, 6) is 0.00525. The van der Waals surface area contributed by atoms with Gasteiger partial charge in [-0.2, -0.15) is 5.10 Å². The lowest BCUT2D eigenvalue weighted by atomic mass is 10.1. The second-order valence-corrected chi connectivity index (χ2v) is 6.54. The molecule has 1 aromatic heterocycles. The zero-order valence-electron chi connectivity index (χ0n) is 12.5. The van der Waals surface area contributed by atoms with E-state index >= 15 is 0 Å². The standard InChI is InChI=1S/C16H19BrN4O/c1-11-2-4-13(5-3-11)21-14(10-15(17)19-21)16(22)20-8-6-12(18)7-9-20/h2-5,10,12H,6-9,18H2,1H3.